The van der Waals surface area contributed by atoms with E-state index in [-0.39, 0.29) is 17.6 Å². The van der Waals surface area contributed by atoms with E-state index in [2.05, 4.69) is 10.5 Å². The van der Waals surface area contributed by atoms with Gasteiger partial charge in [-0.2, -0.15) is 5.10 Å². The van der Waals surface area contributed by atoms with Crippen LogP contribution < -0.4 is 5.43 Å². The van der Waals surface area contributed by atoms with E-state index >= 15 is 0 Å². The standard InChI is InChI=1S/C17H16N2O2/c20-14-8-4-5-12(9-14)11-18-19-17(21)16-10-15(16)13-6-2-1-3-7-13/h1-9,11,15-16,20H,10H2,(H,19,21)/b18-11+. The number of amides is 1. The Hall–Kier alpha value is -2.62. The van der Waals surface area contributed by atoms with Crippen LogP contribution in [0.25, 0.3) is 0 Å². The van der Waals surface area contributed by atoms with Gasteiger partial charge in [-0.1, -0.05) is 42.5 Å². The van der Waals surface area contributed by atoms with E-state index in [4.69, 9.17) is 0 Å². The lowest BCUT2D eigenvalue weighted by Gasteiger charge is -2.00. The number of hydrogen-bond donors (Lipinski definition) is 2. The topological polar surface area (TPSA) is 61.7 Å². The Morgan fingerprint density at radius 2 is 2.00 bits per heavy atom. The molecule has 1 aliphatic carbocycles. The molecule has 21 heavy (non-hydrogen) atoms. The second-order valence-corrected chi connectivity index (χ2v) is 5.19. The van der Waals surface area contributed by atoms with E-state index in [1.54, 1.807) is 24.3 Å². The molecule has 2 N–H and O–H groups in total. The third kappa shape index (κ3) is 3.28. The Morgan fingerprint density at radius 1 is 1.19 bits per heavy atom. The van der Waals surface area contributed by atoms with Crippen LogP contribution in [0, 0.1) is 5.92 Å². The molecular formula is C17H16N2O2. The van der Waals surface area contributed by atoms with Gasteiger partial charge in [0, 0.05) is 5.92 Å². The second kappa shape index (κ2) is 5.79. The van der Waals surface area contributed by atoms with Crippen molar-refractivity contribution in [1.29, 1.82) is 0 Å². The minimum absolute atomic E-state index is 0.00808. The Kier molecular flexibility index (Phi) is 3.69. The fraction of sp³-hybridized carbons (Fsp3) is 0.176. The van der Waals surface area contributed by atoms with Crippen LogP contribution >= 0.6 is 0 Å². The largest absolute Gasteiger partial charge is 0.508 e. The van der Waals surface area contributed by atoms with Crippen LogP contribution in [0.3, 0.4) is 0 Å². The normalized spacial score (nSPS) is 20.4. The third-order valence-electron chi connectivity index (χ3n) is 3.61. The molecule has 0 heterocycles. The molecule has 106 valence electrons. The van der Waals surface area contributed by atoms with Gasteiger partial charge in [-0.15, -0.1) is 0 Å². The average molecular weight is 280 g/mol. The van der Waals surface area contributed by atoms with Gasteiger partial charge in [0.25, 0.3) is 0 Å². The van der Waals surface area contributed by atoms with Crippen LogP contribution in [-0.4, -0.2) is 17.2 Å². The van der Waals surface area contributed by atoms with E-state index in [0.717, 1.165) is 12.0 Å². The molecule has 0 saturated heterocycles. The molecule has 0 bridgehead atoms. The highest BCUT2D eigenvalue weighted by Crippen LogP contribution is 2.47. The van der Waals surface area contributed by atoms with Crippen molar-refractivity contribution in [3.8, 4) is 5.75 Å². The summed E-state index contributed by atoms with van der Waals surface area (Å²) in [6, 6.07) is 16.8. The number of nitrogens with zero attached hydrogens (tertiary/aromatic N) is 1. The maximum Gasteiger partial charge on any atom is 0.243 e. The molecule has 2 aromatic rings. The number of aromatic hydroxyl groups is 1. The molecule has 1 fully saturated rings. The minimum Gasteiger partial charge on any atom is -0.508 e. The Balaban J connectivity index is 1.54. The number of carbonyl (C=O) groups is 1. The molecule has 0 aromatic heterocycles. The number of hydrogen-bond acceptors (Lipinski definition) is 3. The lowest BCUT2D eigenvalue weighted by Crippen LogP contribution is -2.20. The molecule has 2 unspecified atom stereocenters. The zero-order valence-electron chi connectivity index (χ0n) is 11.4. The lowest BCUT2D eigenvalue weighted by molar-refractivity contribution is -0.122. The highest BCUT2D eigenvalue weighted by atomic mass is 16.3. The molecule has 0 radical (unpaired) electrons. The summed E-state index contributed by atoms with van der Waals surface area (Å²) < 4.78 is 0. The summed E-state index contributed by atoms with van der Waals surface area (Å²) in [7, 11) is 0. The molecular weight excluding hydrogens is 264 g/mol. The molecule has 1 amide bonds. The first-order chi connectivity index (χ1) is 10.2. The second-order valence-electron chi connectivity index (χ2n) is 5.19. The third-order valence-corrected chi connectivity index (χ3v) is 3.61. The van der Waals surface area contributed by atoms with Crippen molar-refractivity contribution in [3.63, 3.8) is 0 Å². The number of benzene rings is 2. The average Bonchev–Trinajstić information content (AvgIpc) is 3.29. The fourth-order valence-corrected chi connectivity index (χ4v) is 2.41. The van der Waals surface area contributed by atoms with Gasteiger partial charge in [0.2, 0.25) is 5.91 Å². The molecule has 0 spiro atoms. The highest BCUT2D eigenvalue weighted by molar-refractivity contribution is 5.85. The number of hydrazone groups is 1. The molecule has 1 saturated carbocycles. The van der Waals surface area contributed by atoms with Gasteiger partial charge >= 0.3 is 0 Å². The molecule has 2 atom stereocenters. The molecule has 0 aliphatic heterocycles. The predicted molar refractivity (Wildman–Crippen MR) is 81.1 cm³/mol. The zero-order chi connectivity index (χ0) is 14.7. The van der Waals surface area contributed by atoms with Crippen molar-refractivity contribution in [2.45, 2.75) is 12.3 Å². The SMILES string of the molecule is O=C(N/N=C/c1cccc(O)c1)C1CC1c1ccccc1. The van der Waals surface area contributed by atoms with Crippen LogP contribution in [0.1, 0.15) is 23.5 Å². The van der Waals surface area contributed by atoms with Crippen molar-refractivity contribution in [3.05, 3.63) is 65.7 Å². The summed E-state index contributed by atoms with van der Waals surface area (Å²) >= 11 is 0. The van der Waals surface area contributed by atoms with E-state index in [0.29, 0.717) is 5.92 Å². The first-order valence-electron chi connectivity index (χ1n) is 6.91. The van der Waals surface area contributed by atoms with Crippen molar-refractivity contribution in [1.82, 2.24) is 5.43 Å². The maximum atomic E-state index is 12.0. The van der Waals surface area contributed by atoms with Crippen LogP contribution in [0.15, 0.2) is 59.7 Å². The van der Waals surface area contributed by atoms with Gasteiger partial charge in [0.05, 0.1) is 6.21 Å². The van der Waals surface area contributed by atoms with Gasteiger partial charge in [-0.3, -0.25) is 4.79 Å². The Bertz CT molecular complexity index is 668. The lowest BCUT2D eigenvalue weighted by atomic mass is 10.1. The summed E-state index contributed by atoms with van der Waals surface area (Å²) in [6.45, 7) is 0. The molecule has 2 aromatic carbocycles. The van der Waals surface area contributed by atoms with Crippen molar-refractivity contribution < 1.29 is 9.90 Å². The van der Waals surface area contributed by atoms with Gasteiger partial charge in [-0.05, 0) is 35.6 Å². The summed E-state index contributed by atoms with van der Waals surface area (Å²) in [5, 5.41) is 13.3. The van der Waals surface area contributed by atoms with Gasteiger partial charge < -0.3 is 5.11 Å². The summed E-state index contributed by atoms with van der Waals surface area (Å²) in [6.07, 6.45) is 2.40. The fourth-order valence-electron chi connectivity index (χ4n) is 2.41. The quantitative estimate of drug-likeness (QED) is 0.668. The van der Waals surface area contributed by atoms with E-state index in [9.17, 15) is 9.90 Å². The Labute approximate surface area is 123 Å². The number of phenols is 1. The van der Waals surface area contributed by atoms with Gasteiger partial charge in [0.1, 0.15) is 5.75 Å². The van der Waals surface area contributed by atoms with E-state index < -0.39 is 0 Å². The maximum absolute atomic E-state index is 12.0. The first kappa shape index (κ1) is 13.4. The molecule has 4 nitrogen and oxygen atoms in total. The highest BCUT2D eigenvalue weighted by Gasteiger charge is 2.43. The van der Waals surface area contributed by atoms with Crippen molar-refractivity contribution >= 4 is 12.1 Å². The van der Waals surface area contributed by atoms with Gasteiger partial charge in [0.15, 0.2) is 0 Å². The number of rotatable bonds is 4. The van der Waals surface area contributed by atoms with Crippen molar-refractivity contribution in [2.75, 3.05) is 0 Å². The van der Waals surface area contributed by atoms with Crippen LogP contribution in [0.4, 0.5) is 0 Å². The minimum atomic E-state index is -0.0553. The number of phenolic OH excluding ortho intramolecular Hbond substituents is 1. The summed E-state index contributed by atoms with van der Waals surface area (Å²) in [4.78, 5) is 12.0. The predicted octanol–water partition coefficient (Wildman–Crippen LogP) is 2.65. The molecule has 1 aliphatic rings. The number of carbonyl (C=O) groups excluding carboxylic acids is 1. The summed E-state index contributed by atoms with van der Waals surface area (Å²) in [5.74, 6) is 0.438. The summed E-state index contributed by atoms with van der Waals surface area (Å²) in [5.41, 5.74) is 4.51. The smallest absolute Gasteiger partial charge is 0.243 e. The Morgan fingerprint density at radius 3 is 2.76 bits per heavy atom. The monoisotopic (exact) mass is 280 g/mol. The zero-order valence-corrected chi connectivity index (χ0v) is 11.4. The van der Waals surface area contributed by atoms with Crippen LogP contribution in [0.5, 0.6) is 5.75 Å². The molecule has 4 heteroatoms. The van der Waals surface area contributed by atoms with Crippen molar-refractivity contribution in [2.24, 2.45) is 11.0 Å². The van der Waals surface area contributed by atoms with E-state index in [1.807, 2.05) is 30.3 Å². The van der Waals surface area contributed by atoms with Gasteiger partial charge in [-0.25, -0.2) is 5.43 Å². The van der Waals surface area contributed by atoms with E-state index in [1.165, 1.54) is 11.8 Å². The van der Waals surface area contributed by atoms with Crippen LogP contribution in [0.2, 0.25) is 0 Å². The molecule has 3 rings (SSSR count). The first-order valence-corrected chi connectivity index (χ1v) is 6.91. The van der Waals surface area contributed by atoms with Crippen LogP contribution in [-0.2, 0) is 4.79 Å². The number of nitrogens with one attached hydrogen (secondary N) is 1.